The third kappa shape index (κ3) is 5.21. The molecule has 0 aromatic heterocycles. The lowest BCUT2D eigenvalue weighted by Crippen LogP contribution is -2.34. The highest BCUT2D eigenvalue weighted by Gasteiger charge is 2.34. The van der Waals surface area contributed by atoms with E-state index in [2.05, 4.69) is 10.6 Å². The highest BCUT2D eigenvalue weighted by molar-refractivity contribution is 8.01. The van der Waals surface area contributed by atoms with Crippen LogP contribution in [0.2, 0.25) is 0 Å². The molecular weight excluding hydrogens is 457 g/mol. The fourth-order valence-electron chi connectivity index (χ4n) is 3.80. The lowest BCUT2D eigenvalue weighted by atomic mass is 10.1. The smallest absolute Gasteiger partial charge is 0.416 e. The summed E-state index contributed by atoms with van der Waals surface area (Å²) in [4.78, 5) is 25.4. The van der Waals surface area contributed by atoms with Gasteiger partial charge in [0.05, 0.1) is 23.1 Å². The number of rotatable bonds is 6. The van der Waals surface area contributed by atoms with Gasteiger partial charge in [0.2, 0.25) is 11.8 Å². The van der Waals surface area contributed by atoms with E-state index in [1.807, 2.05) is 26.0 Å². The van der Waals surface area contributed by atoms with Crippen LogP contribution in [-0.2, 0) is 28.7 Å². The summed E-state index contributed by atoms with van der Waals surface area (Å²) in [5.41, 5.74) is 1.09. The van der Waals surface area contributed by atoms with E-state index in [4.69, 9.17) is 9.47 Å². The number of hydrogen-bond acceptors (Lipinski definition) is 5. The summed E-state index contributed by atoms with van der Waals surface area (Å²) in [6.07, 6.45) is -3.74. The Morgan fingerprint density at radius 3 is 2.82 bits per heavy atom. The van der Waals surface area contributed by atoms with Gasteiger partial charge in [0.25, 0.3) is 0 Å². The van der Waals surface area contributed by atoms with E-state index in [0.717, 1.165) is 47.2 Å². The van der Waals surface area contributed by atoms with Crippen molar-refractivity contribution in [3.8, 4) is 11.5 Å². The van der Waals surface area contributed by atoms with Crippen LogP contribution in [0.5, 0.6) is 11.5 Å². The molecule has 4 rings (SSSR count). The standard InChI is InChI=1S/C23H23F3N2O4S/c1-3-31-17-7-13-6-12(2)32-18(13)8-14(17)11-27-21(29)10-20-22(30)28-16-9-15(23(24,25)26)4-5-19(16)33-20/h4-5,7-9,12,20H,3,6,10-11H2,1-2H3,(H,27,29)(H,28,30)/t12-,20-/m1/s1. The number of carbonyl (C=O) groups excluding carboxylic acids is 2. The first-order valence-electron chi connectivity index (χ1n) is 10.5. The summed E-state index contributed by atoms with van der Waals surface area (Å²) in [7, 11) is 0. The summed E-state index contributed by atoms with van der Waals surface area (Å²) in [5, 5.41) is 4.54. The van der Waals surface area contributed by atoms with Crippen LogP contribution in [0, 0.1) is 0 Å². The molecule has 2 atom stereocenters. The number of ether oxygens (including phenoxy) is 2. The summed E-state index contributed by atoms with van der Waals surface area (Å²) in [5.74, 6) is 0.591. The van der Waals surface area contributed by atoms with Gasteiger partial charge in [-0.15, -0.1) is 11.8 Å². The lowest BCUT2D eigenvalue weighted by Gasteiger charge is -2.24. The zero-order valence-corrected chi connectivity index (χ0v) is 18.9. The number of alkyl halides is 3. The molecule has 2 amide bonds. The van der Waals surface area contributed by atoms with E-state index in [1.54, 1.807) is 0 Å². The first kappa shape index (κ1) is 23.3. The van der Waals surface area contributed by atoms with Crippen LogP contribution in [0.25, 0.3) is 0 Å². The fraction of sp³-hybridized carbons (Fsp3) is 0.391. The molecular formula is C23H23F3N2O4S. The van der Waals surface area contributed by atoms with Crippen LogP contribution in [0.4, 0.5) is 18.9 Å². The van der Waals surface area contributed by atoms with Crippen molar-refractivity contribution in [3.05, 3.63) is 47.0 Å². The zero-order valence-electron chi connectivity index (χ0n) is 18.0. The van der Waals surface area contributed by atoms with Gasteiger partial charge in [-0.2, -0.15) is 13.2 Å². The molecule has 0 aliphatic carbocycles. The number of hydrogen-bond donors (Lipinski definition) is 2. The largest absolute Gasteiger partial charge is 0.494 e. The molecule has 6 nitrogen and oxygen atoms in total. The number of carbonyl (C=O) groups is 2. The molecule has 2 heterocycles. The Hall–Kier alpha value is -2.88. The van der Waals surface area contributed by atoms with E-state index in [1.165, 1.54) is 6.07 Å². The van der Waals surface area contributed by atoms with E-state index in [-0.39, 0.29) is 30.7 Å². The molecule has 0 bridgehead atoms. The number of nitrogens with one attached hydrogen (secondary N) is 2. The van der Waals surface area contributed by atoms with Crippen molar-refractivity contribution in [2.45, 2.75) is 55.7 Å². The van der Waals surface area contributed by atoms with Crippen molar-refractivity contribution >= 4 is 29.3 Å². The number of halogens is 3. The molecule has 0 saturated heterocycles. The average molecular weight is 481 g/mol. The summed E-state index contributed by atoms with van der Waals surface area (Å²) in [6.45, 7) is 4.54. The van der Waals surface area contributed by atoms with Gasteiger partial charge in [-0.1, -0.05) is 0 Å². The summed E-state index contributed by atoms with van der Waals surface area (Å²) >= 11 is 1.08. The molecule has 2 aliphatic heterocycles. The predicted octanol–water partition coefficient (Wildman–Crippen LogP) is 4.55. The van der Waals surface area contributed by atoms with Gasteiger partial charge in [0.15, 0.2) is 0 Å². The third-order valence-electron chi connectivity index (χ3n) is 5.35. The molecule has 2 aromatic carbocycles. The Bertz CT molecular complexity index is 1090. The molecule has 2 aliphatic rings. The highest BCUT2D eigenvalue weighted by Crippen LogP contribution is 2.40. The van der Waals surface area contributed by atoms with Crippen LogP contribution in [0.15, 0.2) is 35.2 Å². The van der Waals surface area contributed by atoms with Gasteiger partial charge in [-0.05, 0) is 44.2 Å². The van der Waals surface area contributed by atoms with Gasteiger partial charge in [-0.3, -0.25) is 9.59 Å². The minimum Gasteiger partial charge on any atom is -0.494 e. The Balaban J connectivity index is 1.40. The number of amides is 2. The third-order valence-corrected chi connectivity index (χ3v) is 6.63. The van der Waals surface area contributed by atoms with Gasteiger partial charge in [0.1, 0.15) is 17.6 Å². The average Bonchev–Trinajstić information content (AvgIpc) is 3.10. The molecule has 176 valence electrons. The topological polar surface area (TPSA) is 76.7 Å². The number of thioether (sulfide) groups is 1. The maximum Gasteiger partial charge on any atom is 0.416 e. The normalized spacial score (nSPS) is 19.2. The highest BCUT2D eigenvalue weighted by atomic mass is 32.2. The second-order valence-corrected chi connectivity index (χ2v) is 9.16. The second-order valence-electron chi connectivity index (χ2n) is 7.92. The fourth-order valence-corrected chi connectivity index (χ4v) is 4.90. The first-order valence-corrected chi connectivity index (χ1v) is 11.4. The van der Waals surface area contributed by atoms with Crippen LogP contribution < -0.4 is 20.1 Å². The van der Waals surface area contributed by atoms with E-state index in [9.17, 15) is 22.8 Å². The molecule has 10 heteroatoms. The van der Waals surface area contributed by atoms with Crippen molar-refractivity contribution in [1.29, 1.82) is 0 Å². The van der Waals surface area contributed by atoms with Crippen molar-refractivity contribution in [2.24, 2.45) is 0 Å². The molecule has 2 N–H and O–H groups in total. The maximum atomic E-state index is 12.9. The van der Waals surface area contributed by atoms with Crippen molar-refractivity contribution in [3.63, 3.8) is 0 Å². The minimum absolute atomic E-state index is 0.0799. The monoisotopic (exact) mass is 480 g/mol. The summed E-state index contributed by atoms with van der Waals surface area (Å²) in [6, 6.07) is 6.98. The number of fused-ring (bicyclic) bond motifs is 2. The molecule has 0 radical (unpaired) electrons. The molecule has 0 saturated carbocycles. The Kier molecular flexibility index (Phi) is 6.47. The van der Waals surface area contributed by atoms with Crippen LogP contribution in [-0.4, -0.2) is 29.8 Å². The maximum absolute atomic E-state index is 12.9. The molecule has 0 spiro atoms. The Morgan fingerprint density at radius 2 is 2.09 bits per heavy atom. The van der Waals surface area contributed by atoms with E-state index >= 15 is 0 Å². The van der Waals surface area contributed by atoms with Crippen molar-refractivity contribution in [1.82, 2.24) is 5.32 Å². The zero-order chi connectivity index (χ0) is 23.8. The molecule has 0 unspecified atom stereocenters. The van der Waals surface area contributed by atoms with Crippen LogP contribution >= 0.6 is 11.8 Å². The van der Waals surface area contributed by atoms with Crippen LogP contribution in [0.3, 0.4) is 0 Å². The quantitative estimate of drug-likeness (QED) is 0.635. The van der Waals surface area contributed by atoms with Gasteiger partial charge >= 0.3 is 6.18 Å². The lowest BCUT2D eigenvalue weighted by molar-refractivity contribution is -0.137. The summed E-state index contributed by atoms with van der Waals surface area (Å²) < 4.78 is 50.2. The van der Waals surface area contributed by atoms with Gasteiger partial charge in [-0.25, -0.2) is 0 Å². The Labute approximate surface area is 193 Å². The van der Waals surface area contributed by atoms with Crippen LogP contribution in [0.1, 0.15) is 37.0 Å². The first-order chi connectivity index (χ1) is 15.6. The Morgan fingerprint density at radius 1 is 1.30 bits per heavy atom. The van der Waals surface area contributed by atoms with Crippen molar-refractivity contribution in [2.75, 3.05) is 11.9 Å². The second kappa shape index (κ2) is 9.17. The number of benzene rings is 2. The SMILES string of the molecule is CCOc1cc2c(cc1CNC(=O)C[C@H]1Sc3ccc(C(F)(F)F)cc3NC1=O)O[C@H](C)C2. The minimum atomic E-state index is -4.50. The van der Waals surface area contributed by atoms with Gasteiger partial charge < -0.3 is 20.1 Å². The molecule has 0 fully saturated rings. The predicted molar refractivity (Wildman–Crippen MR) is 118 cm³/mol. The van der Waals surface area contributed by atoms with Crippen molar-refractivity contribution < 1.29 is 32.2 Å². The van der Waals surface area contributed by atoms with E-state index in [0.29, 0.717) is 17.3 Å². The molecule has 2 aromatic rings. The van der Waals surface area contributed by atoms with E-state index < -0.39 is 22.9 Å². The molecule has 33 heavy (non-hydrogen) atoms. The number of anilines is 1. The van der Waals surface area contributed by atoms with Gasteiger partial charge in [0, 0.05) is 35.4 Å².